The van der Waals surface area contributed by atoms with Crippen molar-refractivity contribution in [3.8, 4) is 17.6 Å². The Balaban J connectivity index is 2.22. The van der Waals surface area contributed by atoms with E-state index >= 15 is 0 Å². The number of benzene rings is 2. The predicted octanol–water partition coefficient (Wildman–Crippen LogP) is 4.74. The number of hydrogen-bond acceptors (Lipinski definition) is 4. The van der Waals surface area contributed by atoms with E-state index in [1.54, 1.807) is 31.2 Å². The van der Waals surface area contributed by atoms with Gasteiger partial charge in [0.1, 0.15) is 17.6 Å². The minimum atomic E-state index is -0.693. The second-order valence-electron chi connectivity index (χ2n) is 4.87. The lowest BCUT2D eigenvalue weighted by molar-refractivity contribution is 0.126. The zero-order chi connectivity index (χ0) is 17.4. The van der Waals surface area contributed by atoms with Crippen LogP contribution in [-0.2, 0) is 4.84 Å². The topological polar surface area (TPSA) is 54.3 Å². The van der Waals surface area contributed by atoms with Gasteiger partial charge in [-0.15, -0.1) is 0 Å². The van der Waals surface area contributed by atoms with Crippen molar-refractivity contribution in [2.24, 2.45) is 0 Å². The van der Waals surface area contributed by atoms with Gasteiger partial charge in [0.15, 0.2) is 5.83 Å². The molecule has 0 spiro atoms. The number of allylic oxidation sites excluding steroid dienone is 3. The number of hydrogen-bond donors (Lipinski definition) is 1. The molecule has 24 heavy (non-hydrogen) atoms. The summed E-state index contributed by atoms with van der Waals surface area (Å²) in [6.07, 6.45) is 0.995. The Bertz CT molecular complexity index is 775. The highest BCUT2D eigenvalue weighted by Crippen LogP contribution is 2.27. The first kappa shape index (κ1) is 17.3. The second-order valence-corrected chi connectivity index (χ2v) is 4.87. The average molecular weight is 324 g/mol. The monoisotopic (exact) mass is 324 g/mol. The van der Waals surface area contributed by atoms with Crippen LogP contribution in [0.4, 0.5) is 4.39 Å². The molecule has 4 nitrogen and oxygen atoms in total. The van der Waals surface area contributed by atoms with E-state index in [9.17, 15) is 9.65 Å². The van der Waals surface area contributed by atoms with Crippen LogP contribution in [0.3, 0.4) is 0 Å². The molecule has 0 aliphatic heterocycles. The van der Waals surface area contributed by atoms with E-state index in [1.165, 1.54) is 7.11 Å². The molecule has 0 aromatic heterocycles. The van der Waals surface area contributed by atoms with E-state index in [-0.39, 0.29) is 5.57 Å². The molecule has 0 unspecified atom stereocenters. The summed E-state index contributed by atoms with van der Waals surface area (Å²) in [5, 5.41) is 9.19. The van der Waals surface area contributed by atoms with E-state index in [0.717, 1.165) is 17.5 Å². The fourth-order valence-electron chi connectivity index (χ4n) is 2.04. The summed E-state index contributed by atoms with van der Waals surface area (Å²) >= 11 is 0. The molecule has 0 fully saturated rings. The van der Waals surface area contributed by atoms with Crippen LogP contribution in [0.25, 0.3) is 5.57 Å². The summed E-state index contributed by atoms with van der Waals surface area (Å²) in [4.78, 5) is 4.55. The third kappa shape index (κ3) is 4.45. The number of hydroxylamine groups is 1. The van der Waals surface area contributed by atoms with Crippen LogP contribution in [0, 0.1) is 11.3 Å². The van der Waals surface area contributed by atoms with E-state index in [2.05, 4.69) is 10.3 Å². The molecule has 0 radical (unpaired) electrons. The quantitative estimate of drug-likeness (QED) is 0.474. The van der Waals surface area contributed by atoms with Crippen molar-refractivity contribution in [1.82, 2.24) is 5.48 Å². The number of ether oxygens (including phenoxy) is 1. The Kier molecular flexibility index (Phi) is 6.12. The molecule has 0 aliphatic rings. The summed E-state index contributed by atoms with van der Waals surface area (Å²) in [5.74, 6) is 0.699. The first-order valence-electron chi connectivity index (χ1n) is 7.24. The molecular formula is C19H17FN2O2. The van der Waals surface area contributed by atoms with Gasteiger partial charge in [-0.2, -0.15) is 5.26 Å². The highest BCUT2D eigenvalue weighted by molar-refractivity contribution is 5.74. The maximum absolute atomic E-state index is 14.0. The molecule has 0 amide bonds. The predicted molar refractivity (Wildman–Crippen MR) is 90.5 cm³/mol. The smallest absolute Gasteiger partial charge is 0.159 e. The molecule has 5 heteroatoms. The van der Waals surface area contributed by atoms with E-state index in [0.29, 0.717) is 11.3 Å². The molecule has 2 aromatic carbocycles. The van der Waals surface area contributed by atoms with Gasteiger partial charge >= 0.3 is 0 Å². The van der Waals surface area contributed by atoms with Crippen molar-refractivity contribution < 1.29 is 14.0 Å². The molecule has 2 aromatic rings. The van der Waals surface area contributed by atoms with Gasteiger partial charge in [-0.3, -0.25) is 10.3 Å². The van der Waals surface area contributed by atoms with Crippen molar-refractivity contribution in [2.75, 3.05) is 7.11 Å². The number of rotatable bonds is 6. The van der Waals surface area contributed by atoms with Crippen LogP contribution in [0.2, 0.25) is 0 Å². The first-order valence-corrected chi connectivity index (χ1v) is 7.24. The number of para-hydroxylation sites is 1. The lowest BCUT2D eigenvalue weighted by Crippen LogP contribution is -2.03. The van der Waals surface area contributed by atoms with Crippen LogP contribution in [0.5, 0.6) is 11.5 Å². The van der Waals surface area contributed by atoms with Gasteiger partial charge in [-0.1, -0.05) is 30.3 Å². The first-order chi connectivity index (χ1) is 11.7. The van der Waals surface area contributed by atoms with Crippen LogP contribution >= 0.6 is 0 Å². The number of nitrogens with zero attached hydrogens (tertiary/aromatic N) is 1. The Hall–Kier alpha value is -3.10. The summed E-state index contributed by atoms with van der Waals surface area (Å²) < 4.78 is 19.7. The molecule has 0 aliphatic carbocycles. The number of halogens is 1. The van der Waals surface area contributed by atoms with Crippen molar-refractivity contribution in [3.63, 3.8) is 0 Å². The highest BCUT2D eigenvalue weighted by Gasteiger charge is 2.10. The van der Waals surface area contributed by atoms with Crippen molar-refractivity contribution in [3.05, 3.63) is 77.8 Å². The van der Waals surface area contributed by atoms with Crippen molar-refractivity contribution >= 4 is 5.57 Å². The third-order valence-electron chi connectivity index (χ3n) is 3.30. The van der Waals surface area contributed by atoms with Gasteiger partial charge < -0.3 is 4.74 Å². The molecule has 1 N–H and O–H groups in total. The third-order valence-corrected chi connectivity index (χ3v) is 3.30. The molecule has 122 valence electrons. The minimum absolute atomic E-state index is 0.0590. The van der Waals surface area contributed by atoms with Crippen LogP contribution in [0.15, 0.2) is 72.2 Å². The standard InChI is InChI=1S/C19H17FN2O2/c1-14(18(12-21)19(20)13-22-23-2)15-8-10-17(11-9-15)24-16-6-4-3-5-7-16/h3-11,13,22H,1-2H3. The van der Waals surface area contributed by atoms with Crippen LogP contribution < -0.4 is 10.2 Å². The maximum atomic E-state index is 14.0. The zero-order valence-electron chi connectivity index (χ0n) is 13.4. The maximum Gasteiger partial charge on any atom is 0.159 e. The van der Waals surface area contributed by atoms with Gasteiger partial charge in [0, 0.05) is 0 Å². The lowest BCUT2D eigenvalue weighted by Gasteiger charge is -2.08. The Morgan fingerprint density at radius 3 is 2.29 bits per heavy atom. The average Bonchev–Trinajstić information content (AvgIpc) is 2.62. The highest BCUT2D eigenvalue weighted by atomic mass is 19.1. The van der Waals surface area contributed by atoms with E-state index in [4.69, 9.17) is 4.74 Å². The van der Waals surface area contributed by atoms with Crippen molar-refractivity contribution in [1.29, 1.82) is 5.26 Å². The molecular weight excluding hydrogens is 307 g/mol. The molecule has 2 rings (SSSR count). The van der Waals surface area contributed by atoms with Gasteiger partial charge in [0.25, 0.3) is 0 Å². The SMILES string of the molecule is CONC=C(F)C(C#N)=C(C)c1ccc(Oc2ccccc2)cc1. The van der Waals surface area contributed by atoms with Gasteiger partial charge in [0.2, 0.25) is 0 Å². The summed E-state index contributed by atoms with van der Waals surface area (Å²) in [7, 11) is 1.36. The normalized spacial score (nSPS) is 12.2. The Morgan fingerprint density at radius 2 is 1.71 bits per heavy atom. The van der Waals surface area contributed by atoms with Crippen LogP contribution in [0.1, 0.15) is 12.5 Å². The largest absolute Gasteiger partial charge is 0.457 e. The fraction of sp³-hybridized carbons (Fsp3) is 0.105. The van der Waals surface area contributed by atoms with Gasteiger partial charge in [-0.25, -0.2) is 4.39 Å². The molecule has 0 saturated carbocycles. The molecule has 0 heterocycles. The Labute approximate surface area is 140 Å². The van der Waals surface area contributed by atoms with Gasteiger partial charge in [-0.05, 0) is 42.3 Å². The van der Waals surface area contributed by atoms with Crippen molar-refractivity contribution in [2.45, 2.75) is 6.92 Å². The molecule has 0 saturated heterocycles. The van der Waals surface area contributed by atoms with E-state index < -0.39 is 5.83 Å². The number of nitriles is 1. The summed E-state index contributed by atoms with van der Waals surface area (Å²) in [6, 6.07) is 18.4. The zero-order valence-corrected chi connectivity index (χ0v) is 13.4. The fourth-order valence-corrected chi connectivity index (χ4v) is 2.04. The second kappa shape index (κ2) is 8.51. The molecule has 0 atom stereocenters. The van der Waals surface area contributed by atoms with E-state index in [1.807, 2.05) is 36.4 Å². The summed E-state index contributed by atoms with van der Waals surface area (Å²) in [5.41, 5.74) is 3.46. The minimum Gasteiger partial charge on any atom is -0.457 e. The summed E-state index contributed by atoms with van der Waals surface area (Å²) in [6.45, 7) is 1.69. The van der Waals surface area contributed by atoms with Gasteiger partial charge in [0.05, 0.1) is 18.9 Å². The number of nitrogens with one attached hydrogen (secondary N) is 1. The molecule has 0 bridgehead atoms. The lowest BCUT2D eigenvalue weighted by atomic mass is 10.0. The Morgan fingerprint density at radius 1 is 1.08 bits per heavy atom. The van der Waals surface area contributed by atoms with Crippen LogP contribution in [-0.4, -0.2) is 7.11 Å².